The number of aromatic nitrogens is 1. The third-order valence-electron chi connectivity index (χ3n) is 2.66. The molecule has 0 bridgehead atoms. The fourth-order valence-corrected chi connectivity index (χ4v) is 2.07. The lowest BCUT2D eigenvalue weighted by Crippen LogP contribution is -1.98. The van der Waals surface area contributed by atoms with Crippen molar-refractivity contribution in [3.63, 3.8) is 0 Å². The molecule has 1 heterocycles. The van der Waals surface area contributed by atoms with Crippen LogP contribution in [0, 0.1) is 0 Å². The lowest BCUT2D eigenvalue weighted by molar-refractivity contribution is 0.409. The molecule has 0 fully saturated rings. The van der Waals surface area contributed by atoms with Gasteiger partial charge in [0.25, 0.3) is 0 Å². The maximum Gasteiger partial charge on any atom is 0.122 e. The summed E-state index contributed by atoms with van der Waals surface area (Å²) in [7, 11) is 1.68. The van der Waals surface area contributed by atoms with Gasteiger partial charge < -0.3 is 4.74 Å². The van der Waals surface area contributed by atoms with Crippen LogP contribution in [0.15, 0.2) is 48.8 Å². The molecule has 2 rings (SSSR count). The number of halogens is 1. The topological polar surface area (TPSA) is 22.1 Å². The smallest absolute Gasteiger partial charge is 0.122 e. The molecule has 17 heavy (non-hydrogen) atoms. The normalized spacial score (nSPS) is 12.1. The molecule has 0 aliphatic rings. The molecule has 1 aromatic heterocycles. The molecule has 1 aromatic carbocycles. The van der Waals surface area contributed by atoms with E-state index in [-0.39, 0.29) is 5.38 Å². The first-order valence-corrected chi connectivity index (χ1v) is 5.91. The van der Waals surface area contributed by atoms with Gasteiger partial charge in [-0.25, -0.2) is 0 Å². The van der Waals surface area contributed by atoms with Gasteiger partial charge in [0.2, 0.25) is 0 Å². The van der Waals surface area contributed by atoms with E-state index in [1.54, 1.807) is 19.5 Å². The Morgan fingerprint density at radius 2 is 1.88 bits per heavy atom. The predicted molar refractivity (Wildman–Crippen MR) is 69.5 cm³/mol. The molecule has 88 valence electrons. The number of benzene rings is 1. The van der Waals surface area contributed by atoms with Gasteiger partial charge in [-0.1, -0.05) is 18.2 Å². The van der Waals surface area contributed by atoms with Crippen molar-refractivity contribution in [2.75, 3.05) is 7.11 Å². The van der Waals surface area contributed by atoms with Crippen molar-refractivity contribution >= 4 is 11.6 Å². The summed E-state index contributed by atoms with van der Waals surface area (Å²) >= 11 is 6.39. The minimum atomic E-state index is -0.0608. The Kier molecular flexibility index (Phi) is 3.99. The van der Waals surface area contributed by atoms with Gasteiger partial charge in [-0.15, -0.1) is 11.6 Å². The molecule has 1 unspecified atom stereocenters. The first kappa shape index (κ1) is 11.9. The second kappa shape index (κ2) is 5.69. The fourth-order valence-electron chi connectivity index (χ4n) is 1.75. The van der Waals surface area contributed by atoms with E-state index < -0.39 is 0 Å². The summed E-state index contributed by atoms with van der Waals surface area (Å²) in [5, 5.41) is -0.0608. The largest absolute Gasteiger partial charge is 0.496 e. The zero-order chi connectivity index (χ0) is 12.1. The fraction of sp³-hybridized carbons (Fsp3) is 0.214. The first-order valence-electron chi connectivity index (χ1n) is 5.47. The molecular formula is C14H14ClNO. The van der Waals surface area contributed by atoms with Gasteiger partial charge in [-0.05, 0) is 35.7 Å². The van der Waals surface area contributed by atoms with Crippen LogP contribution >= 0.6 is 11.6 Å². The highest BCUT2D eigenvalue weighted by Crippen LogP contribution is 2.28. The molecule has 0 aliphatic heterocycles. The van der Waals surface area contributed by atoms with Crippen LogP contribution in [0.25, 0.3) is 0 Å². The third kappa shape index (κ3) is 2.98. The Hall–Kier alpha value is -1.54. The van der Waals surface area contributed by atoms with Crippen LogP contribution in [0.3, 0.4) is 0 Å². The number of para-hydroxylation sites is 1. The van der Waals surface area contributed by atoms with Gasteiger partial charge in [0.1, 0.15) is 5.75 Å². The SMILES string of the molecule is COc1ccccc1CC(Cl)c1ccncc1. The molecule has 3 heteroatoms. The number of hydrogen-bond acceptors (Lipinski definition) is 2. The Labute approximate surface area is 106 Å². The van der Waals surface area contributed by atoms with E-state index in [0.717, 1.165) is 23.3 Å². The van der Waals surface area contributed by atoms with Crippen LogP contribution < -0.4 is 4.74 Å². The molecule has 0 N–H and O–H groups in total. The molecule has 0 spiro atoms. The number of nitrogens with zero attached hydrogens (tertiary/aromatic N) is 1. The quantitative estimate of drug-likeness (QED) is 0.770. The van der Waals surface area contributed by atoms with Gasteiger partial charge in [0, 0.05) is 12.4 Å². The average molecular weight is 248 g/mol. The van der Waals surface area contributed by atoms with Crippen LogP contribution in [0.2, 0.25) is 0 Å². The van der Waals surface area contributed by atoms with Crippen molar-refractivity contribution in [2.24, 2.45) is 0 Å². The maximum absolute atomic E-state index is 6.39. The van der Waals surface area contributed by atoms with Crippen molar-refractivity contribution in [2.45, 2.75) is 11.8 Å². The lowest BCUT2D eigenvalue weighted by Gasteiger charge is -2.12. The van der Waals surface area contributed by atoms with E-state index in [2.05, 4.69) is 4.98 Å². The molecule has 2 aromatic rings. The highest BCUT2D eigenvalue weighted by atomic mass is 35.5. The molecular weight excluding hydrogens is 234 g/mol. The maximum atomic E-state index is 6.39. The van der Waals surface area contributed by atoms with Crippen molar-refractivity contribution in [3.8, 4) is 5.75 Å². The van der Waals surface area contributed by atoms with Crippen LogP contribution in [0.1, 0.15) is 16.5 Å². The summed E-state index contributed by atoms with van der Waals surface area (Å²) in [5.74, 6) is 0.882. The summed E-state index contributed by atoms with van der Waals surface area (Å²) in [6.07, 6.45) is 4.26. The second-order valence-corrected chi connectivity index (χ2v) is 4.29. The summed E-state index contributed by atoms with van der Waals surface area (Å²) in [4.78, 5) is 3.99. The van der Waals surface area contributed by atoms with Crippen LogP contribution in [-0.2, 0) is 6.42 Å². The molecule has 2 nitrogen and oxygen atoms in total. The Balaban J connectivity index is 2.16. The molecule has 1 atom stereocenters. The molecule has 0 radical (unpaired) electrons. The van der Waals surface area contributed by atoms with Crippen molar-refractivity contribution < 1.29 is 4.74 Å². The predicted octanol–water partition coefficient (Wildman–Crippen LogP) is 3.61. The number of methoxy groups -OCH3 is 1. The van der Waals surface area contributed by atoms with Gasteiger partial charge >= 0.3 is 0 Å². The highest BCUT2D eigenvalue weighted by molar-refractivity contribution is 6.20. The summed E-state index contributed by atoms with van der Waals surface area (Å²) in [6, 6.07) is 11.8. The van der Waals surface area contributed by atoms with E-state index >= 15 is 0 Å². The van der Waals surface area contributed by atoms with E-state index in [4.69, 9.17) is 16.3 Å². The monoisotopic (exact) mass is 247 g/mol. The average Bonchev–Trinajstić information content (AvgIpc) is 2.40. The van der Waals surface area contributed by atoms with E-state index in [0.29, 0.717) is 0 Å². The molecule has 0 saturated carbocycles. The van der Waals surface area contributed by atoms with Crippen LogP contribution in [-0.4, -0.2) is 12.1 Å². The van der Waals surface area contributed by atoms with Crippen LogP contribution in [0.5, 0.6) is 5.75 Å². The number of pyridine rings is 1. The Morgan fingerprint density at radius 3 is 2.59 bits per heavy atom. The summed E-state index contributed by atoms with van der Waals surface area (Å²) in [5.41, 5.74) is 2.19. The van der Waals surface area contributed by atoms with Gasteiger partial charge in [-0.3, -0.25) is 4.98 Å². The first-order chi connectivity index (χ1) is 8.31. The Bertz CT molecular complexity index is 473. The summed E-state index contributed by atoms with van der Waals surface area (Å²) in [6.45, 7) is 0. The third-order valence-corrected chi connectivity index (χ3v) is 3.07. The number of hydrogen-bond donors (Lipinski definition) is 0. The van der Waals surface area contributed by atoms with Gasteiger partial charge in [0.05, 0.1) is 12.5 Å². The van der Waals surface area contributed by atoms with Crippen molar-refractivity contribution in [1.29, 1.82) is 0 Å². The zero-order valence-electron chi connectivity index (χ0n) is 9.64. The minimum absolute atomic E-state index is 0.0608. The Morgan fingerprint density at radius 1 is 1.18 bits per heavy atom. The van der Waals surface area contributed by atoms with Crippen molar-refractivity contribution in [3.05, 3.63) is 59.9 Å². The standard InChI is InChI=1S/C14H14ClNO/c1-17-14-5-3-2-4-12(14)10-13(15)11-6-8-16-9-7-11/h2-9,13H,10H2,1H3. The van der Waals surface area contributed by atoms with Gasteiger partial charge in [0.15, 0.2) is 0 Å². The summed E-state index contributed by atoms with van der Waals surface area (Å²) < 4.78 is 5.31. The molecule has 0 saturated heterocycles. The van der Waals surface area contributed by atoms with Crippen molar-refractivity contribution in [1.82, 2.24) is 4.98 Å². The van der Waals surface area contributed by atoms with E-state index in [9.17, 15) is 0 Å². The lowest BCUT2D eigenvalue weighted by atomic mass is 10.0. The molecule has 0 aliphatic carbocycles. The number of alkyl halides is 1. The zero-order valence-corrected chi connectivity index (χ0v) is 10.4. The van der Waals surface area contributed by atoms with Gasteiger partial charge in [-0.2, -0.15) is 0 Å². The highest BCUT2D eigenvalue weighted by Gasteiger charge is 2.11. The number of rotatable bonds is 4. The van der Waals surface area contributed by atoms with E-state index in [1.165, 1.54) is 0 Å². The number of ether oxygens (including phenoxy) is 1. The molecule has 0 amide bonds. The van der Waals surface area contributed by atoms with Crippen LogP contribution in [0.4, 0.5) is 0 Å². The minimum Gasteiger partial charge on any atom is -0.496 e. The second-order valence-electron chi connectivity index (χ2n) is 3.76. The van der Waals surface area contributed by atoms with E-state index in [1.807, 2.05) is 36.4 Å².